The number of carbonyl (C=O) groups excluding carboxylic acids is 2. The molecular weight excluding hydrogens is 517 g/mol. The number of esters is 2. The summed E-state index contributed by atoms with van der Waals surface area (Å²) in [4.78, 5) is 37.4. The molecule has 1 aromatic rings. The standard InChI is InChI=1S/C22H28INO7/c1-19(2,3)16(12-10-15(29-7)13(23)11-14(12)24(27)28)30-18(26)22-9-8-21(6,17(25)31-22)20(22,4)5/h10-11,16H,8-9H2,1-7H3/t16-,21?,22-/m1/s1. The Morgan fingerprint density at radius 2 is 1.87 bits per heavy atom. The smallest absolute Gasteiger partial charge is 0.351 e. The van der Waals surface area contributed by atoms with E-state index in [0.717, 1.165) is 0 Å². The van der Waals surface area contributed by atoms with E-state index < -0.39 is 44.8 Å². The molecule has 1 heterocycles. The highest BCUT2D eigenvalue weighted by atomic mass is 127. The lowest BCUT2D eigenvalue weighted by molar-refractivity contribution is -0.386. The minimum Gasteiger partial charge on any atom is -0.496 e. The van der Waals surface area contributed by atoms with Crippen LogP contribution in [0.25, 0.3) is 0 Å². The number of halogens is 1. The maximum atomic E-state index is 13.6. The van der Waals surface area contributed by atoms with Crippen LogP contribution in [0.1, 0.15) is 66.1 Å². The average Bonchev–Trinajstić information content (AvgIpc) is 2.95. The minimum absolute atomic E-state index is 0.158. The zero-order chi connectivity index (χ0) is 23.6. The Kier molecular flexibility index (Phi) is 5.60. The number of fused-ring (bicyclic) bond motifs is 2. The van der Waals surface area contributed by atoms with Gasteiger partial charge < -0.3 is 14.2 Å². The van der Waals surface area contributed by atoms with Crippen LogP contribution in [0.15, 0.2) is 12.1 Å². The van der Waals surface area contributed by atoms with Gasteiger partial charge in [0.25, 0.3) is 5.69 Å². The maximum absolute atomic E-state index is 13.6. The monoisotopic (exact) mass is 545 g/mol. The molecule has 2 bridgehead atoms. The van der Waals surface area contributed by atoms with Crippen LogP contribution in [0.3, 0.4) is 0 Å². The topological polar surface area (TPSA) is 105 Å². The van der Waals surface area contributed by atoms with Crippen molar-refractivity contribution >= 4 is 40.2 Å². The molecule has 0 amide bonds. The summed E-state index contributed by atoms with van der Waals surface area (Å²) in [5, 5.41) is 11.8. The second-order valence-corrected chi connectivity index (χ2v) is 11.3. The number of hydrogen-bond acceptors (Lipinski definition) is 7. The van der Waals surface area contributed by atoms with Gasteiger partial charge in [0, 0.05) is 16.9 Å². The van der Waals surface area contributed by atoms with E-state index >= 15 is 0 Å². The Balaban J connectivity index is 2.09. The van der Waals surface area contributed by atoms with Gasteiger partial charge in [0.05, 0.1) is 26.6 Å². The van der Waals surface area contributed by atoms with Gasteiger partial charge in [0.1, 0.15) is 11.9 Å². The summed E-state index contributed by atoms with van der Waals surface area (Å²) in [5.74, 6) is -0.625. The summed E-state index contributed by atoms with van der Waals surface area (Å²) in [5.41, 5.74) is -3.56. The van der Waals surface area contributed by atoms with Gasteiger partial charge in [-0.05, 0) is 48.4 Å². The Morgan fingerprint density at radius 3 is 2.29 bits per heavy atom. The summed E-state index contributed by atoms with van der Waals surface area (Å²) in [6, 6.07) is 2.96. The Bertz CT molecular complexity index is 967. The molecule has 0 aromatic heterocycles. The molecule has 3 rings (SSSR count). The molecule has 31 heavy (non-hydrogen) atoms. The molecule has 1 unspecified atom stereocenters. The van der Waals surface area contributed by atoms with Crippen molar-refractivity contribution in [3.8, 4) is 5.75 Å². The normalized spacial score (nSPS) is 27.5. The molecule has 1 aromatic carbocycles. The molecule has 1 aliphatic heterocycles. The fourth-order valence-electron chi connectivity index (χ4n) is 4.69. The molecule has 8 nitrogen and oxygen atoms in total. The number of rotatable bonds is 5. The largest absolute Gasteiger partial charge is 0.496 e. The van der Waals surface area contributed by atoms with Crippen molar-refractivity contribution in [2.24, 2.45) is 16.2 Å². The second-order valence-electron chi connectivity index (χ2n) is 10.1. The number of hydrogen-bond donors (Lipinski definition) is 0. The molecule has 1 saturated heterocycles. The van der Waals surface area contributed by atoms with Gasteiger partial charge in [-0.1, -0.05) is 34.6 Å². The van der Waals surface area contributed by atoms with Crippen LogP contribution < -0.4 is 4.74 Å². The minimum atomic E-state index is -1.41. The number of nitrogens with zero attached hydrogens (tertiary/aromatic N) is 1. The second kappa shape index (κ2) is 7.31. The third kappa shape index (κ3) is 3.30. The van der Waals surface area contributed by atoms with E-state index in [9.17, 15) is 19.7 Å². The summed E-state index contributed by atoms with van der Waals surface area (Å²) in [6.45, 7) is 11.0. The van der Waals surface area contributed by atoms with Crippen LogP contribution in [0.4, 0.5) is 5.69 Å². The van der Waals surface area contributed by atoms with Crippen molar-refractivity contribution in [1.82, 2.24) is 0 Å². The molecule has 3 atom stereocenters. The zero-order valence-electron chi connectivity index (χ0n) is 18.8. The summed E-state index contributed by atoms with van der Waals surface area (Å²) in [7, 11) is 1.48. The van der Waals surface area contributed by atoms with Crippen LogP contribution >= 0.6 is 22.6 Å². The molecule has 170 valence electrons. The maximum Gasteiger partial charge on any atom is 0.351 e. The lowest BCUT2D eigenvalue weighted by Gasteiger charge is -2.38. The number of ether oxygens (including phenoxy) is 3. The molecule has 0 radical (unpaired) electrons. The van der Waals surface area contributed by atoms with Crippen molar-refractivity contribution in [1.29, 1.82) is 0 Å². The van der Waals surface area contributed by atoms with E-state index in [-0.39, 0.29) is 11.3 Å². The summed E-state index contributed by atoms with van der Waals surface area (Å²) in [6.07, 6.45) is -0.0792. The van der Waals surface area contributed by atoms with Crippen LogP contribution in [0, 0.1) is 29.9 Å². The van der Waals surface area contributed by atoms with Gasteiger partial charge >= 0.3 is 11.9 Å². The SMILES string of the molecule is COc1cc([C@@H](OC(=O)[C@@]23CCC(C)(C(=O)O2)C3(C)C)C(C)(C)C)c([N+](=O)[O-])cc1I. The van der Waals surface area contributed by atoms with Gasteiger partial charge in [-0.2, -0.15) is 0 Å². The quantitative estimate of drug-likeness (QED) is 0.223. The van der Waals surface area contributed by atoms with E-state index in [4.69, 9.17) is 14.2 Å². The first-order valence-electron chi connectivity index (χ1n) is 10.1. The first kappa shape index (κ1) is 23.7. The van der Waals surface area contributed by atoms with Crippen LogP contribution in [0.2, 0.25) is 0 Å². The molecule has 2 aliphatic rings. The van der Waals surface area contributed by atoms with Crippen molar-refractivity contribution in [3.05, 3.63) is 31.4 Å². The number of nitro groups is 1. The Labute approximate surface area is 195 Å². The van der Waals surface area contributed by atoms with Crippen LogP contribution in [-0.2, 0) is 19.1 Å². The fraction of sp³-hybridized carbons (Fsp3) is 0.636. The first-order chi connectivity index (χ1) is 14.1. The molecule has 9 heteroatoms. The van der Waals surface area contributed by atoms with E-state index in [1.54, 1.807) is 6.07 Å². The third-order valence-electron chi connectivity index (χ3n) is 7.21. The van der Waals surface area contributed by atoms with Crippen LogP contribution in [0.5, 0.6) is 5.75 Å². The van der Waals surface area contributed by atoms with Gasteiger partial charge in [-0.15, -0.1) is 0 Å². The number of methoxy groups -OCH3 is 1. The fourth-order valence-corrected chi connectivity index (χ4v) is 5.37. The van der Waals surface area contributed by atoms with Crippen molar-refractivity contribution < 1.29 is 28.7 Å². The Hall–Kier alpha value is -1.91. The van der Waals surface area contributed by atoms with E-state index in [2.05, 4.69) is 0 Å². The summed E-state index contributed by atoms with van der Waals surface area (Å²) >= 11 is 1.96. The van der Waals surface area contributed by atoms with Gasteiger partial charge in [-0.25, -0.2) is 4.79 Å². The van der Waals surface area contributed by atoms with Crippen LogP contribution in [-0.4, -0.2) is 29.6 Å². The highest BCUT2D eigenvalue weighted by Gasteiger charge is 2.76. The average molecular weight is 545 g/mol. The van der Waals surface area contributed by atoms with Gasteiger partial charge in [-0.3, -0.25) is 14.9 Å². The van der Waals surface area contributed by atoms with E-state index in [1.165, 1.54) is 13.2 Å². The molecule has 1 aliphatic carbocycles. The third-order valence-corrected chi connectivity index (χ3v) is 8.05. The van der Waals surface area contributed by atoms with E-state index in [0.29, 0.717) is 22.2 Å². The molecular formula is C22H28INO7. The van der Waals surface area contributed by atoms with Gasteiger partial charge in [0.15, 0.2) is 0 Å². The highest BCUT2D eigenvalue weighted by molar-refractivity contribution is 14.1. The lowest BCUT2D eigenvalue weighted by Crippen LogP contribution is -2.49. The zero-order valence-corrected chi connectivity index (χ0v) is 21.0. The van der Waals surface area contributed by atoms with Crippen molar-refractivity contribution in [2.45, 2.75) is 66.1 Å². The lowest BCUT2D eigenvalue weighted by atomic mass is 9.66. The summed E-state index contributed by atoms with van der Waals surface area (Å²) < 4.78 is 17.6. The molecule has 0 N–H and O–H groups in total. The van der Waals surface area contributed by atoms with Crippen molar-refractivity contribution in [2.75, 3.05) is 7.11 Å². The van der Waals surface area contributed by atoms with Gasteiger partial charge in [0.2, 0.25) is 5.60 Å². The number of carbonyl (C=O) groups is 2. The molecule has 2 fully saturated rings. The van der Waals surface area contributed by atoms with E-state index in [1.807, 2.05) is 64.1 Å². The first-order valence-corrected chi connectivity index (χ1v) is 11.2. The predicted octanol–water partition coefficient (Wildman–Crippen LogP) is 4.96. The predicted molar refractivity (Wildman–Crippen MR) is 121 cm³/mol. The highest BCUT2D eigenvalue weighted by Crippen LogP contribution is 2.66. The number of nitro benzene ring substituents is 1. The molecule has 0 spiro atoms. The molecule has 1 saturated carbocycles. The number of benzene rings is 1. The Morgan fingerprint density at radius 1 is 1.26 bits per heavy atom. The van der Waals surface area contributed by atoms with Crippen molar-refractivity contribution in [3.63, 3.8) is 0 Å².